The Bertz CT molecular complexity index is 946. The third-order valence-electron chi connectivity index (χ3n) is 6.50. The van der Waals surface area contributed by atoms with Gasteiger partial charge in [0.2, 0.25) is 5.91 Å². The molecule has 1 spiro atoms. The summed E-state index contributed by atoms with van der Waals surface area (Å²) in [5.41, 5.74) is -0.0587. The fraction of sp³-hybridized carbons (Fsp3) is 0.565. The van der Waals surface area contributed by atoms with Gasteiger partial charge >= 0.3 is 6.03 Å². The standard InChI is InChI=1S/C23H31ClN4O4/c1-22(2,3)14-8-10-23(11-9-14)20(31)28(21(32)26-23)13-18(29)25-15-6-7-16(17(24)12-15)19(30)27(4)5/h6-7,12,14H,8-11,13H2,1-5H3,(H,25,29)(H,26,32). The van der Waals surface area contributed by atoms with Crippen molar-refractivity contribution in [1.82, 2.24) is 15.1 Å². The molecular formula is C23H31ClN4O4. The molecule has 174 valence electrons. The minimum absolute atomic E-state index is 0.154. The number of amides is 5. The Morgan fingerprint density at radius 3 is 2.38 bits per heavy atom. The molecule has 1 saturated heterocycles. The summed E-state index contributed by atoms with van der Waals surface area (Å²) < 4.78 is 0. The van der Waals surface area contributed by atoms with E-state index in [1.165, 1.54) is 17.0 Å². The number of carbonyl (C=O) groups is 4. The second-order valence-corrected chi connectivity index (χ2v) is 10.4. The number of benzene rings is 1. The van der Waals surface area contributed by atoms with Crippen LogP contribution < -0.4 is 10.6 Å². The molecule has 2 aliphatic rings. The number of carbonyl (C=O) groups excluding carboxylic acids is 4. The molecule has 0 bridgehead atoms. The summed E-state index contributed by atoms with van der Waals surface area (Å²) in [6.07, 6.45) is 2.86. The molecule has 2 fully saturated rings. The molecule has 3 rings (SSSR count). The molecule has 32 heavy (non-hydrogen) atoms. The van der Waals surface area contributed by atoms with Crippen LogP contribution in [0.15, 0.2) is 18.2 Å². The molecule has 9 heteroatoms. The number of rotatable bonds is 4. The quantitative estimate of drug-likeness (QED) is 0.669. The summed E-state index contributed by atoms with van der Waals surface area (Å²) in [6.45, 7) is 6.19. The zero-order valence-electron chi connectivity index (χ0n) is 19.3. The summed E-state index contributed by atoms with van der Waals surface area (Å²) in [5, 5.41) is 5.69. The zero-order chi connectivity index (χ0) is 23.8. The molecule has 0 aromatic heterocycles. The van der Waals surface area contributed by atoms with Gasteiger partial charge in [0.25, 0.3) is 11.8 Å². The zero-order valence-corrected chi connectivity index (χ0v) is 20.0. The van der Waals surface area contributed by atoms with Crippen LogP contribution in [0.25, 0.3) is 0 Å². The summed E-state index contributed by atoms with van der Waals surface area (Å²) in [6, 6.07) is 4.01. The predicted molar refractivity (Wildman–Crippen MR) is 122 cm³/mol. The SMILES string of the molecule is CN(C)C(=O)c1ccc(NC(=O)CN2C(=O)NC3(CCC(C(C)(C)C)CC3)C2=O)cc1Cl. The van der Waals surface area contributed by atoms with Crippen molar-refractivity contribution < 1.29 is 19.2 Å². The van der Waals surface area contributed by atoms with Gasteiger partial charge in [-0.05, 0) is 55.2 Å². The van der Waals surface area contributed by atoms with E-state index in [0.717, 1.165) is 17.7 Å². The third kappa shape index (κ3) is 4.75. The average molecular weight is 463 g/mol. The number of anilines is 1. The van der Waals surface area contributed by atoms with Crippen molar-refractivity contribution >= 4 is 41.0 Å². The van der Waals surface area contributed by atoms with Gasteiger partial charge < -0.3 is 15.5 Å². The lowest BCUT2D eigenvalue weighted by atomic mass is 9.67. The Morgan fingerprint density at radius 1 is 1.22 bits per heavy atom. The average Bonchev–Trinajstić information content (AvgIpc) is 2.91. The van der Waals surface area contributed by atoms with Gasteiger partial charge in [-0.15, -0.1) is 0 Å². The van der Waals surface area contributed by atoms with Crippen molar-refractivity contribution in [2.24, 2.45) is 11.3 Å². The lowest BCUT2D eigenvalue weighted by Crippen LogP contribution is -2.50. The highest BCUT2D eigenvalue weighted by atomic mass is 35.5. The Hall–Kier alpha value is -2.61. The summed E-state index contributed by atoms with van der Waals surface area (Å²) in [7, 11) is 3.24. The molecule has 1 saturated carbocycles. The van der Waals surface area contributed by atoms with Gasteiger partial charge in [0.05, 0.1) is 10.6 Å². The lowest BCUT2D eigenvalue weighted by molar-refractivity contribution is -0.135. The minimum Gasteiger partial charge on any atom is -0.345 e. The van der Waals surface area contributed by atoms with Gasteiger partial charge in [0.15, 0.2) is 0 Å². The highest BCUT2D eigenvalue weighted by Gasteiger charge is 2.53. The topological polar surface area (TPSA) is 98.8 Å². The number of nitrogens with one attached hydrogen (secondary N) is 2. The number of hydrogen-bond acceptors (Lipinski definition) is 4. The first kappa shape index (κ1) is 24.0. The fourth-order valence-electron chi connectivity index (χ4n) is 4.49. The van der Waals surface area contributed by atoms with E-state index in [1.807, 2.05) is 0 Å². The van der Waals surface area contributed by atoms with Crippen LogP contribution in [0.5, 0.6) is 0 Å². The van der Waals surface area contributed by atoms with Crippen LogP contribution in [0.2, 0.25) is 5.02 Å². The maximum Gasteiger partial charge on any atom is 0.325 e. The molecule has 0 atom stereocenters. The van der Waals surface area contributed by atoms with E-state index < -0.39 is 17.5 Å². The molecule has 1 aliphatic carbocycles. The molecule has 5 amide bonds. The summed E-state index contributed by atoms with van der Waals surface area (Å²) in [4.78, 5) is 52.6. The molecule has 2 N–H and O–H groups in total. The van der Waals surface area contributed by atoms with E-state index >= 15 is 0 Å². The van der Waals surface area contributed by atoms with Gasteiger partial charge in [0.1, 0.15) is 12.1 Å². The lowest BCUT2D eigenvalue weighted by Gasteiger charge is -2.40. The Balaban J connectivity index is 1.63. The van der Waals surface area contributed by atoms with E-state index in [4.69, 9.17) is 11.6 Å². The number of imide groups is 1. The molecule has 8 nitrogen and oxygen atoms in total. The van der Waals surface area contributed by atoms with Gasteiger partial charge in [-0.3, -0.25) is 19.3 Å². The molecule has 1 aliphatic heterocycles. The van der Waals surface area contributed by atoms with Gasteiger partial charge in [-0.2, -0.15) is 0 Å². The van der Waals surface area contributed by atoms with E-state index in [2.05, 4.69) is 31.4 Å². The molecule has 1 aromatic rings. The Kier molecular flexibility index (Phi) is 6.56. The maximum absolute atomic E-state index is 13.1. The van der Waals surface area contributed by atoms with E-state index in [9.17, 15) is 19.2 Å². The third-order valence-corrected chi connectivity index (χ3v) is 6.81. The van der Waals surface area contributed by atoms with Gasteiger partial charge in [-0.25, -0.2) is 4.79 Å². The van der Waals surface area contributed by atoms with Crippen molar-refractivity contribution in [2.45, 2.75) is 52.0 Å². The van der Waals surface area contributed by atoms with Crippen LogP contribution in [0.4, 0.5) is 10.5 Å². The normalized spacial score (nSPS) is 23.3. The summed E-state index contributed by atoms with van der Waals surface area (Å²) in [5.74, 6) is -0.618. The first-order valence-electron chi connectivity index (χ1n) is 10.8. The number of halogens is 1. The van der Waals surface area contributed by atoms with Crippen LogP contribution in [0.1, 0.15) is 56.8 Å². The second kappa shape index (κ2) is 8.73. The van der Waals surface area contributed by atoms with E-state index in [1.54, 1.807) is 20.2 Å². The Morgan fingerprint density at radius 2 is 1.84 bits per heavy atom. The molecule has 0 radical (unpaired) electrons. The van der Waals surface area contributed by atoms with E-state index in [-0.39, 0.29) is 28.8 Å². The van der Waals surface area contributed by atoms with Crippen LogP contribution in [0, 0.1) is 11.3 Å². The maximum atomic E-state index is 13.1. The molecular weight excluding hydrogens is 432 g/mol. The smallest absolute Gasteiger partial charge is 0.325 e. The molecule has 1 heterocycles. The largest absolute Gasteiger partial charge is 0.345 e. The number of hydrogen-bond donors (Lipinski definition) is 2. The van der Waals surface area contributed by atoms with Crippen molar-refractivity contribution in [3.8, 4) is 0 Å². The van der Waals surface area contributed by atoms with Crippen molar-refractivity contribution in [3.05, 3.63) is 28.8 Å². The predicted octanol–water partition coefficient (Wildman–Crippen LogP) is 3.51. The number of urea groups is 1. The van der Waals surface area contributed by atoms with Crippen LogP contribution >= 0.6 is 11.6 Å². The van der Waals surface area contributed by atoms with Crippen molar-refractivity contribution in [3.63, 3.8) is 0 Å². The van der Waals surface area contributed by atoms with Crippen LogP contribution in [0.3, 0.4) is 0 Å². The highest BCUT2D eigenvalue weighted by molar-refractivity contribution is 6.34. The van der Waals surface area contributed by atoms with Gasteiger partial charge in [0, 0.05) is 19.8 Å². The van der Waals surface area contributed by atoms with E-state index in [0.29, 0.717) is 30.0 Å². The minimum atomic E-state index is -0.906. The molecule has 1 aromatic carbocycles. The highest BCUT2D eigenvalue weighted by Crippen LogP contribution is 2.43. The second-order valence-electron chi connectivity index (χ2n) is 9.99. The van der Waals surface area contributed by atoms with Crippen molar-refractivity contribution in [1.29, 1.82) is 0 Å². The fourth-order valence-corrected chi connectivity index (χ4v) is 4.75. The summed E-state index contributed by atoms with van der Waals surface area (Å²) >= 11 is 6.18. The first-order valence-corrected chi connectivity index (χ1v) is 11.2. The van der Waals surface area contributed by atoms with Crippen molar-refractivity contribution in [2.75, 3.05) is 26.0 Å². The van der Waals surface area contributed by atoms with Crippen LogP contribution in [-0.4, -0.2) is 59.7 Å². The number of nitrogens with zero attached hydrogens (tertiary/aromatic N) is 2. The first-order chi connectivity index (χ1) is 14.8. The Labute approximate surface area is 193 Å². The van der Waals surface area contributed by atoms with Gasteiger partial charge in [-0.1, -0.05) is 32.4 Å². The monoisotopic (exact) mass is 462 g/mol. The van der Waals surface area contributed by atoms with Crippen LogP contribution in [-0.2, 0) is 9.59 Å². The molecule has 0 unspecified atom stereocenters.